The van der Waals surface area contributed by atoms with Gasteiger partial charge in [0.25, 0.3) is 5.56 Å². The monoisotopic (exact) mass is 445 g/mol. The SMILES string of the molecule is COC(=O)c1ccc(NC(=O)CCc2nc3c(C)nn(-c4ccccc4)c3n(C)c2=O)cc1. The summed E-state index contributed by atoms with van der Waals surface area (Å²) in [5.74, 6) is -0.711. The third-order valence-corrected chi connectivity index (χ3v) is 5.30. The van der Waals surface area contributed by atoms with E-state index < -0.39 is 5.97 Å². The number of rotatable bonds is 6. The van der Waals surface area contributed by atoms with Gasteiger partial charge in [-0.2, -0.15) is 5.10 Å². The molecule has 0 unspecified atom stereocenters. The van der Waals surface area contributed by atoms with Gasteiger partial charge in [-0.25, -0.2) is 14.5 Å². The highest BCUT2D eigenvalue weighted by Crippen LogP contribution is 2.19. The molecule has 0 fully saturated rings. The molecule has 4 rings (SSSR count). The quantitative estimate of drug-likeness (QED) is 0.457. The Morgan fingerprint density at radius 2 is 1.76 bits per heavy atom. The van der Waals surface area contributed by atoms with E-state index in [2.05, 4.69) is 20.1 Å². The Labute approximate surface area is 189 Å². The average molecular weight is 445 g/mol. The molecular formula is C24H23N5O4. The third-order valence-electron chi connectivity index (χ3n) is 5.30. The van der Waals surface area contributed by atoms with E-state index in [0.717, 1.165) is 5.69 Å². The van der Waals surface area contributed by atoms with Gasteiger partial charge < -0.3 is 10.1 Å². The first-order valence-corrected chi connectivity index (χ1v) is 10.4. The van der Waals surface area contributed by atoms with E-state index in [4.69, 9.17) is 0 Å². The van der Waals surface area contributed by atoms with Gasteiger partial charge in [0.15, 0.2) is 5.65 Å². The van der Waals surface area contributed by atoms with Crippen molar-refractivity contribution >= 4 is 28.7 Å². The molecule has 0 spiro atoms. The van der Waals surface area contributed by atoms with Crippen molar-refractivity contribution in [2.45, 2.75) is 19.8 Å². The summed E-state index contributed by atoms with van der Waals surface area (Å²) in [7, 11) is 2.99. The van der Waals surface area contributed by atoms with Crippen molar-refractivity contribution in [2.24, 2.45) is 7.05 Å². The number of hydrogen-bond donors (Lipinski definition) is 1. The molecule has 33 heavy (non-hydrogen) atoms. The lowest BCUT2D eigenvalue weighted by atomic mass is 10.2. The van der Waals surface area contributed by atoms with Gasteiger partial charge in [0.1, 0.15) is 11.2 Å². The van der Waals surface area contributed by atoms with E-state index in [0.29, 0.717) is 33.8 Å². The van der Waals surface area contributed by atoms with Gasteiger partial charge in [0.05, 0.1) is 24.1 Å². The van der Waals surface area contributed by atoms with E-state index in [1.54, 1.807) is 36.0 Å². The lowest BCUT2D eigenvalue weighted by Crippen LogP contribution is -2.25. The number of aryl methyl sites for hydroxylation is 3. The molecule has 1 N–H and O–H groups in total. The van der Waals surface area contributed by atoms with Gasteiger partial charge in [0.2, 0.25) is 5.91 Å². The molecule has 0 aliphatic rings. The van der Waals surface area contributed by atoms with Crippen LogP contribution in [0.5, 0.6) is 0 Å². The van der Waals surface area contributed by atoms with Crippen molar-refractivity contribution in [1.29, 1.82) is 0 Å². The molecule has 168 valence electrons. The second-order valence-corrected chi connectivity index (χ2v) is 7.54. The minimum Gasteiger partial charge on any atom is -0.465 e. The highest BCUT2D eigenvalue weighted by Gasteiger charge is 2.18. The highest BCUT2D eigenvalue weighted by molar-refractivity contribution is 5.93. The normalized spacial score (nSPS) is 10.9. The van der Waals surface area contributed by atoms with Crippen LogP contribution in [0, 0.1) is 6.92 Å². The maximum absolute atomic E-state index is 13.0. The zero-order valence-corrected chi connectivity index (χ0v) is 18.5. The first-order valence-electron chi connectivity index (χ1n) is 10.4. The molecule has 0 radical (unpaired) electrons. The number of aromatic nitrogens is 4. The van der Waals surface area contributed by atoms with Gasteiger partial charge in [-0.15, -0.1) is 0 Å². The van der Waals surface area contributed by atoms with Gasteiger partial charge in [0, 0.05) is 25.6 Å². The number of anilines is 1. The predicted molar refractivity (Wildman–Crippen MR) is 124 cm³/mol. The standard InChI is InChI=1S/C24H23N5O4/c1-15-21-22(29(27-15)18-7-5-4-6-8-18)28(2)23(31)19(26-21)13-14-20(30)25-17-11-9-16(10-12-17)24(32)33-3/h4-12H,13-14H2,1-3H3,(H,25,30). The predicted octanol–water partition coefficient (Wildman–Crippen LogP) is 2.79. The number of hydrogen-bond acceptors (Lipinski definition) is 6. The maximum Gasteiger partial charge on any atom is 0.337 e. The summed E-state index contributed by atoms with van der Waals surface area (Å²) in [6.07, 6.45) is 0.267. The number of nitrogens with zero attached hydrogens (tertiary/aromatic N) is 4. The number of ether oxygens (including phenoxy) is 1. The van der Waals surface area contributed by atoms with Crippen LogP contribution in [-0.2, 0) is 23.0 Å². The van der Waals surface area contributed by atoms with Gasteiger partial charge >= 0.3 is 5.97 Å². The number of amides is 1. The van der Waals surface area contributed by atoms with Crippen molar-refractivity contribution in [2.75, 3.05) is 12.4 Å². The molecule has 4 aromatic rings. The Kier molecular flexibility index (Phi) is 6.03. The second kappa shape index (κ2) is 9.07. The topological polar surface area (TPSA) is 108 Å². The Balaban J connectivity index is 1.53. The van der Waals surface area contributed by atoms with Crippen LogP contribution in [0.1, 0.15) is 28.2 Å². The molecule has 0 aliphatic heterocycles. The molecule has 1 amide bonds. The van der Waals surface area contributed by atoms with E-state index in [1.807, 2.05) is 37.3 Å². The Morgan fingerprint density at radius 1 is 1.06 bits per heavy atom. The number of esters is 1. The Morgan fingerprint density at radius 3 is 2.42 bits per heavy atom. The van der Waals surface area contributed by atoms with E-state index in [1.165, 1.54) is 11.7 Å². The molecule has 0 aliphatic carbocycles. The average Bonchev–Trinajstić information content (AvgIpc) is 3.17. The fourth-order valence-corrected chi connectivity index (χ4v) is 3.59. The summed E-state index contributed by atoms with van der Waals surface area (Å²) in [6.45, 7) is 1.84. The fraction of sp³-hybridized carbons (Fsp3) is 0.208. The summed E-state index contributed by atoms with van der Waals surface area (Å²) in [6, 6.07) is 15.9. The number of carbonyl (C=O) groups is 2. The van der Waals surface area contributed by atoms with Crippen molar-refractivity contribution < 1.29 is 14.3 Å². The number of carbonyl (C=O) groups excluding carboxylic acids is 2. The molecular weight excluding hydrogens is 422 g/mol. The lowest BCUT2D eigenvalue weighted by Gasteiger charge is -2.09. The number of nitrogens with one attached hydrogen (secondary N) is 1. The molecule has 9 heteroatoms. The van der Waals surface area contributed by atoms with Gasteiger partial charge in [-0.3, -0.25) is 14.2 Å². The summed E-state index contributed by atoms with van der Waals surface area (Å²) in [5, 5.41) is 7.32. The van der Waals surface area contributed by atoms with E-state index >= 15 is 0 Å². The minimum atomic E-state index is -0.448. The van der Waals surface area contributed by atoms with Crippen LogP contribution < -0.4 is 10.9 Å². The first kappa shape index (κ1) is 21.9. The van der Waals surface area contributed by atoms with Gasteiger partial charge in [-0.05, 0) is 43.3 Å². The van der Waals surface area contributed by atoms with E-state index in [-0.39, 0.29) is 24.3 Å². The van der Waals surface area contributed by atoms with Crippen LogP contribution in [0.25, 0.3) is 16.9 Å². The van der Waals surface area contributed by atoms with Crippen LogP contribution in [0.3, 0.4) is 0 Å². The zero-order valence-electron chi connectivity index (χ0n) is 18.5. The van der Waals surface area contributed by atoms with E-state index in [9.17, 15) is 14.4 Å². The van der Waals surface area contributed by atoms with Crippen molar-refractivity contribution in [3.63, 3.8) is 0 Å². The van der Waals surface area contributed by atoms with Crippen LogP contribution >= 0.6 is 0 Å². The molecule has 0 atom stereocenters. The first-order chi connectivity index (χ1) is 15.9. The zero-order chi connectivity index (χ0) is 23.5. The lowest BCUT2D eigenvalue weighted by molar-refractivity contribution is -0.116. The Bertz CT molecular complexity index is 1390. The number of methoxy groups -OCH3 is 1. The summed E-state index contributed by atoms with van der Waals surface area (Å²) in [4.78, 5) is 41.4. The maximum atomic E-state index is 13.0. The number of para-hydroxylation sites is 1. The summed E-state index contributed by atoms with van der Waals surface area (Å²) >= 11 is 0. The smallest absolute Gasteiger partial charge is 0.337 e. The number of benzene rings is 2. The minimum absolute atomic E-state index is 0.0817. The van der Waals surface area contributed by atoms with Crippen LogP contribution in [0.15, 0.2) is 59.4 Å². The largest absolute Gasteiger partial charge is 0.465 e. The molecule has 2 aromatic heterocycles. The summed E-state index contributed by atoms with van der Waals surface area (Å²) in [5.41, 5.74) is 3.72. The van der Waals surface area contributed by atoms with Crippen LogP contribution in [0.2, 0.25) is 0 Å². The highest BCUT2D eigenvalue weighted by atomic mass is 16.5. The van der Waals surface area contributed by atoms with Crippen molar-refractivity contribution in [3.05, 3.63) is 81.9 Å². The molecule has 9 nitrogen and oxygen atoms in total. The molecule has 0 saturated heterocycles. The van der Waals surface area contributed by atoms with Crippen molar-refractivity contribution in [3.8, 4) is 5.69 Å². The molecule has 2 heterocycles. The molecule has 2 aromatic carbocycles. The summed E-state index contributed by atoms with van der Waals surface area (Å²) < 4.78 is 7.88. The molecule has 0 saturated carbocycles. The number of fused-ring (bicyclic) bond motifs is 1. The van der Waals surface area contributed by atoms with Crippen LogP contribution in [-0.4, -0.2) is 38.3 Å². The molecule has 0 bridgehead atoms. The second-order valence-electron chi connectivity index (χ2n) is 7.54. The fourth-order valence-electron chi connectivity index (χ4n) is 3.59. The van der Waals surface area contributed by atoms with Crippen molar-refractivity contribution in [1.82, 2.24) is 19.3 Å². The van der Waals surface area contributed by atoms with Crippen LogP contribution in [0.4, 0.5) is 5.69 Å². The van der Waals surface area contributed by atoms with Gasteiger partial charge in [-0.1, -0.05) is 18.2 Å². The third kappa shape index (κ3) is 4.38. The Hall–Kier alpha value is -4.27.